The molecule has 1 aliphatic heterocycles. The molecule has 2 N–H and O–H groups in total. The molecule has 0 atom stereocenters. The van der Waals surface area contributed by atoms with Crippen LogP contribution in [-0.2, 0) is 11.0 Å². The zero-order valence-corrected chi connectivity index (χ0v) is 26.0. The molecule has 0 spiro atoms. The smallest absolute Gasteiger partial charge is 0.337 e. The first-order valence-corrected chi connectivity index (χ1v) is 16.3. The second-order valence-corrected chi connectivity index (χ2v) is 11.9. The molecule has 2 radical (unpaired) electrons. The number of carboxylic acids is 1. The number of rotatable bonds is 13. The van der Waals surface area contributed by atoms with Crippen molar-refractivity contribution < 1.29 is 23.9 Å². The van der Waals surface area contributed by atoms with Gasteiger partial charge in [-0.1, -0.05) is 86.5 Å². The highest BCUT2D eigenvalue weighted by Gasteiger charge is 2.23. The Kier molecular flexibility index (Phi) is 10.8. The molecule has 1 fully saturated rings. The van der Waals surface area contributed by atoms with Gasteiger partial charge < -0.3 is 24.5 Å². The first-order chi connectivity index (χ1) is 21.5. The molecule has 0 unspecified atom stereocenters. The van der Waals surface area contributed by atoms with Crippen molar-refractivity contribution in [1.29, 1.82) is 0 Å². The lowest BCUT2D eigenvalue weighted by atomic mass is 10.0. The number of aromatic carboxylic acids is 1. The van der Waals surface area contributed by atoms with E-state index < -0.39 is 11.9 Å². The van der Waals surface area contributed by atoms with Gasteiger partial charge in [0.2, 0.25) is 9.76 Å². The van der Waals surface area contributed by atoms with E-state index in [4.69, 9.17) is 9.16 Å². The van der Waals surface area contributed by atoms with Crippen LogP contribution >= 0.6 is 0 Å². The van der Waals surface area contributed by atoms with Crippen molar-refractivity contribution in [3.8, 4) is 16.9 Å². The van der Waals surface area contributed by atoms with Crippen molar-refractivity contribution in [2.45, 2.75) is 51.4 Å². The minimum Gasteiger partial charge on any atom is -0.488 e. The minimum atomic E-state index is -1.12. The monoisotopic (exact) mass is 606 g/mol. The standard InChI is InChI=1S/C36H38N2O5Si/c1-2-3-22-44-43-30-18-20-38(21-19-30)29-15-17-34(42-25-26-10-6-4-7-11-26)32(24-29)35(39)37-33-23-28(14-16-31(33)36(40)41)27-12-8-5-9-13-27/h4-17,23-24,30H,2-3,18-22,25H2,1H3,(H,37,39)(H,40,41). The number of nitrogens with one attached hydrogen (secondary N) is 1. The molecule has 226 valence electrons. The van der Waals surface area contributed by atoms with E-state index in [1.807, 2.05) is 78.9 Å². The number of carboxylic acid groups (broad SMARTS) is 1. The molecule has 44 heavy (non-hydrogen) atoms. The van der Waals surface area contributed by atoms with E-state index in [0.29, 0.717) is 27.7 Å². The molecule has 1 aliphatic rings. The van der Waals surface area contributed by atoms with E-state index in [1.165, 1.54) is 18.9 Å². The topological polar surface area (TPSA) is 88.1 Å². The van der Waals surface area contributed by atoms with E-state index >= 15 is 0 Å². The average molecular weight is 607 g/mol. The van der Waals surface area contributed by atoms with E-state index in [0.717, 1.165) is 54.4 Å². The fourth-order valence-corrected chi connectivity index (χ4v) is 6.33. The van der Waals surface area contributed by atoms with Crippen LogP contribution in [0.2, 0.25) is 6.04 Å². The molecule has 1 amide bonds. The lowest BCUT2D eigenvalue weighted by Crippen LogP contribution is -2.37. The highest BCUT2D eigenvalue weighted by molar-refractivity contribution is 6.27. The van der Waals surface area contributed by atoms with Gasteiger partial charge in [-0.25, -0.2) is 4.79 Å². The van der Waals surface area contributed by atoms with Crippen molar-refractivity contribution in [1.82, 2.24) is 0 Å². The summed E-state index contributed by atoms with van der Waals surface area (Å²) in [5, 5.41) is 12.8. The van der Waals surface area contributed by atoms with Crippen LogP contribution in [0.4, 0.5) is 11.4 Å². The Balaban J connectivity index is 1.39. The molecule has 0 saturated carbocycles. The lowest BCUT2D eigenvalue weighted by Gasteiger charge is -2.34. The van der Waals surface area contributed by atoms with Gasteiger partial charge in [0.1, 0.15) is 12.4 Å². The SMILES string of the molecule is CCCC[Si]OC1CCN(c2ccc(OCc3ccccc3)c(C(=O)Nc3cc(-c4ccccc4)ccc3C(=O)O)c2)CC1. The van der Waals surface area contributed by atoms with Crippen molar-refractivity contribution in [3.05, 3.63) is 114 Å². The van der Waals surface area contributed by atoms with E-state index in [2.05, 4.69) is 17.1 Å². The van der Waals surface area contributed by atoms with Crippen LogP contribution in [0.15, 0.2) is 97.1 Å². The Morgan fingerprint density at radius 1 is 0.886 bits per heavy atom. The third-order valence-corrected chi connectivity index (χ3v) is 8.80. The van der Waals surface area contributed by atoms with Gasteiger partial charge >= 0.3 is 5.97 Å². The molecule has 1 heterocycles. The first-order valence-electron chi connectivity index (χ1n) is 15.2. The number of hydrogen-bond donors (Lipinski definition) is 2. The highest BCUT2D eigenvalue weighted by atomic mass is 28.2. The Labute approximate surface area is 261 Å². The summed E-state index contributed by atoms with van der Waals surface area (Å²) in [6, 6.07) is 31.2. The van der Waals surface area contributed by atoms with Gasteiger partial charge in [0, 0.05) is 24.9 Å². The largest absolute Gasteiger partial charge is 0.488 e. The van der Waals surface area contributed by atoms with Crippen molar-refractivity contribution in [2.75, 3.05) is 23.3 Å². The first kappa shape index (κ1) is 31.0. The number of ether oxygens (including phenoxy) is 1. The van der Waals surface area contributed by atoms with Gasteiger partial charge in [0.05, 0.1) is 16.8 Å². The third kappa shape index (κ3) is 8.15. The maximum Gasteiger partial charge on any atom is 0.337 e. The second-order valence-electron chi connectivity index (χ2n) is 10.9. The van der Waals surface area contributed by atoms with Gasteiger partial charge in [0.15, 0.2) is 0 Å². The molecule has 0 aromatic heterocycles. The van der Waals surface area contributed by atoms with Crippen LogP contribution in [0.3, 0.4) is 0 Å². The Hall–Kier alpha value is -4.40. The Bertz CT molecular complexity index is 1540. The molecule has 5 rings (SSSR count). The van der Waals surface area contributed by atoms with Crippen LogP contribution in [0.1, 0.15) is 58.9 Å². The molecule has 1 saturated heterocycles. The van der Waals surface area contributed by atoms with Crippen LogP contribution in [-0.4, -0.2) is 45.9 Å². The molecule has 4 aromatic rings. The molecule has 0 bridgehead atoms. The fourth-order valence-electron chi connectivity index (χ4n) is 5.24. The molecule has 8 heteroatoms. The minimum absolute atomic E-state index is 0.0164. The summed E-state index contributed by atoms with van der Waals surface area (Å²) in [5.41, 5.74) is 4.22. The summed E-state index contributed by atoms with van der Waals surface area (Å²) in [7, 11) is 0.552. The van der Waals surface area contributed by atoms with Gasteiger partial charge in [-0.2, -0.15) is 0 Å². The summed E-state index contributed by atoms with van der Waals surface area (Å²) in [4.78, 5) is 28.3. The molecular formula is C36H38N2O5Si. The number of benzene rings is 4. The summed E-state index contributed by atoms with van der Waals surface area (Å²) >= 11 is 0. The quantitative estimate of drug-likeness (QED) is 0.120. The molecule has 4 aromatic carbocycles. The number of anilines is 2. The van der Waals surface area contributed by atoms with Gasteiger partial charge in [-0.15, -0.1) is 0 Å². The number of amides is 1. The fraction of sp³-hybridized carbons (Fsp3) is 0.278. The van der Waals surface area contributed by atoms with E-state index in [1.54, 1.807) is 12.1 Å². The zero-order valence-electron chi connectivity index (χ0n) is 25.0. The van der Waals surface area contributed by atoms with Crippen molar-refractivity contribution in [3.63, 3.8) is 0 Å². The zero-order chi connectivity index (χ0) is 30.7. The maximum atomic E-state index is 13.9. The Morgan fingerprint density at radius 3 is 2.32 bits per heavy atom. The summed E-state index contributed by atoms with van der Waals surface area (Å²) < 4.78 is 12.3. The number of piperidine rings is 1. The number of unbranched alkanes of at least 4 members (excludes halogenated alkanes) is 1. The predicted molar refractivity (Wildman–Crippen MR) is 176 cm³/mol. The predicted octanol–water partition coefficient (Wildman–Crippen LogP) is 7.71. The number of carbonyl (C=O) groups excluding carboxylic acids is 1. The number of carbonyl (C=O) groups is 2. The number of hydrogen-bond acceptors (Lipinski definition) is 5. The van der Waals surface area contributed by atoms with E-state index in [-0.39, 0.29) is 17.4 Å². The van der Waals surface area contributed by atoms with Gasteiger partial charge in [0.25, 0.3) is 5.91 Å². The van der Waals surface area contributed by atoms with Crippen LogP contribution in [0.25, 0.3) is 11.1 Å². The van der Waals surface area contributed by atoms with Gasteiger partial charge in [-0.05, 0) is 65.9 Å². The highest BCUT2D eigenvalue weighted by Crippen LogP contribution is 2.31. The van der Waals surface area contributed by atoms with E-state index in [9.17, 15) is 14.7 Å². The lowest BCUT2D eigenvalue weighted by molar-refractivity contribution is 0.0698. The third-order valence-electron chi connectivity index (χ3n) is 7.74. The van der Waals surface area contributed by atoms with Crippen LogP contribution in [0.5, 0.6) is 5.75 Å². The summed E-state index contributed by atoms with van der Waals surface area (Å²) in [6.45, 7) is 4.15. The molecular weight excluding hydrogens is 568 g/mol. The summed E-state index contributed by atoms with van der Waals surface area (Å²) in [6.07, 6.45) is 4.52. The van der Waals surface area contributed by atoms with Crippen LogP contribution in [0, 0.1) is 0 Å². The van der Waals surface area contributed by atoms with Gasteiger partial charge in [-0.3, -0.25) is 4.79 Å². The summed E-state index contributed by atoms with van der Waals surface area (Å²) in [5.74, 6) is -1.12. The average Bonchev–Trinajstić information content (AvgIpc) is 3.06. The molecule has 7 nitrogen and oxygen atoms in total. The normalized spacial score (nSPS) is 13.4. The second kappa shape index (κ2) is 15.4. The van der Waals surface area contributed by atoms with Crippen molar-refractivity contribution >= 4 is 33.0 Å². The van der Waals surface area contributed by atoms with Crippen molar-refractivity contribution in [2.24, 2.45) is 0 Å². The number of nitrogens with zero attached hydrogens (tertiary/aromatic N) is 1. The van der Waals surface area contributed by atoms with Crippen LogP contribution < -0.4 is 15.0 Å². The maximum absolute atomic E-state index is 13.9. The molecule has 0 aliphatic carbocycles. The Morgan fingerprint density at radius 2 is 1.61 bits per heavy atom.